The molecule has 1 radical (unpaired) electrons. The highest BCUT2D eigenvalue weighted by molar-refractivity contribution is 4.87. The summed E-state index contributed by atoms with van der Waals surface area (Å²) >= 11 is 0. The average Bonchev–Trinajstić information content (AvgIpc) is 2.31. The lowest BCUT2D eigenvalue weighted by molar-refractivity contribution is 0.621. The fourth-order valence-corrected chi connectivity index (χ4v) is 1.63. The summed E-state index contributed by atoms with van der Waals surface area (Å²) in [5.74, 6) is 0. The molecular weight excluding hydrogens is 192 g/mol. The van der Waals surface area contributed by atoms with Crippen molar-refractivity contribution < 1.29 is 0 Å². The van der Waals surface area contributed by atoms with Crippen LogP contribution >= 0.6 is 0 Å². The van der Waals surface area contributed by atoms with Crippen LogP contribution in [-0.2, 0) is 0 Å². The van der Waals surface area contributed by atoms with E-state index in [1.165, 1.54) is 51.4 Å². The van der Waals surface area contributed by atoms with Gasteiger partial charge in [0.25, 0.3) is 0 Å². The summed E-state index contributed by atoms with van der Waals surface area (Å²) in [6, 6.07) is 0. The molecule has 0 atom stereocenters. The van der Waals surface area contributed by atoms with Gasteiger partial charge in [-0.2, -0.15) is 0 Å². The third kappa shape index (κ3) is 13.2. The molecule has 0 heterocycles. The van der Waals surface area contributed by atoms with Crippen molar-refractivity contribution in [2.45, 2.75) is 64.7 Å². The van der Waals surface area contributed by atoms with Crippen molar-refractivity contribution in [2.75, 3.05) is 0 Å². The summed E-state index contributed by atoms with van der Waals surface area (Å²) in [6.07, 6.45) is 22.0. The van der Waals surface area contributed by atoms with Crippen LogP contribution in [0.5, 0.6) is 0 Å². The maximum Gasteiger partial charge on any atom is -0.0166 e. The highest BCUT2D eigenvalue weighted by Crippen LogP contribution is 2.08. The molecule has 0 saturated carbocycles. The van der Waals surface area contributed by atoms with Crippen molar-refractivity contribution in [1.29, 1.82) is 0 Å². The molecule has 0 aromatic rings. The molecular formula is C16H27. The molecule has 0 N–H and O–H groups in total. The van der Waals surface area contributed by atoms with Crippen molar-refractivity contribution in [3.63, 3.8) is 0 Å². The number of rotatable bonds is 11. The minimum Gasteiger partial charge on any atom is -0.0888 e. The normalized spacial score (nSPS) is 11.6. The molecule has 0 heteroatoms. The van der Waals surface area contributed by atoms with Crippen LogP contribution in [0.2, 0.25) is 0 Å². The van der Waals surface area contributed by atoms with Gasteiger partial charge in [-0.1, -0.05) is 63.1 Å². The maximum atomic E-state index is 5.28. The van der Waals surface area contributed by atoms with Gasteiger partial charge in [-0.15, -0.1) is 0 Å². The SMILES string of the molecule is [CH]=CCC=CCCCCCCCC=CCC. The van der Waals surface area contributed by atoms with Gasteiger partial charge >= 0.3 is 0 Å². The first-order valence-electron chi connectivity index (χ1n) is 6.75. The van der Waals surface area contributed by atoms with Crippen LogP contribution in [0, 0.1) is 6.58 Å². The Morgan fingerprint density at radius 1 is 0.750 bits per heavy atom. The van der Waals surface area contributed by atoms with E-state index >= 15 is 0 Å². The Labute approximate surface area is 102 Å². The van der Waals surface area contributed by atoms with Gasteiger partial charge in [-0.25, -0.2) is 0 Å². The van der Waals surface area contributed by atoms with Crippen molar-refractivity contribution in [2.24, 2.45) is 0 Å². The second kappa shape index (κ2) is 14.2. The maximum absolute atomic E-state index is 5.28. The van der Waals surface area contributed by atoms with Crippen LogP contribution in [0.1, 0.15) is 64.7 Å². The zero-order chi connectivity index (χ0) is 11.9. The van der Waals surface area contributed by atoms with Gasteiger partial charge in [-0.05, 0) is 38.5 Å². The molecule has 0 spiro atoms. The molecule has 0 rings (SSSR count). The van der Waals surface area contributed by atoms with E-state index in [-0.39, 0.29) is 0 Å². The van der Waals surface area contributed by atoms with E-state index < -0.39 is 0 Å². The Bertz CT molecular complexity index is 186. The summed E-state index contributed by atoms with van der Waals surface area (Å²) in [6.45, 7) is 7.46. The predicted molar refractivity (Wildman–Crippen MR) is 74.4 cm³/mol. The Kier molecular flexibility index (Phi) is 13.5. The van der Waals surface area contributed by atoms with Crippen LogP contribution in [0.25, 0.3) is 0 Å². The summed E-state index contributed by atoms with van der Waals surface area (Å²) in [4.78, 5) is 0. The molecule has 0 unspecified atom stereocenters. The second-order valence-corrected chi connectivity index (χ2v) is 4.17. The quantitative estimate of drug-likeness (QED) is 0.312. The zero-order valence-electron chi connectivity index (χ0n) is 10.8. The Morgan fingerprint density at radius 2 is 1.31 bits per heavy atom. The third-order valence-corrected chi connectivity index (χ3v) is 2.58. The summed E-state index contributed by atoms with van der Waals surface area (Å²) in [5, 5.41) is 0. The first kappa shape index (κ1) is 15.2. The molecule has 0 aliphatic rings. The molecule has 0 saturated heterocycles. The fraction of sp³-hybridized carbons (Fsp3) is 0.625. The molecule has 0 amide bonds. The van der Waals surface area contributed by atoms with E-state index in [9.17, 15) is 0 Å². The Hall–Kier alpha value is -0.780. The van der Waals surface area contributed by atoms with Crippen molar-refractivity contribution in [3.05, 3.63) is 37.0 Å². The van der Waals surface area contributed by atoms with Crippen molar-refractivity contribution in [3.8, 4) is 0 Å². The molecule has 0 aromatic heterocycles. The molecule has 0 aliphatic heterocycles. The fourth-order valence-electron chi connectivity index (χ4n) is 1.63. The van der Waals surface area contributed by atoms with Gasteiger partial charge in [-0.3, -0.25) is 0 Å². The van der Waals surface area contributed by atoms with Crippen LogP contribution in [0.15, 0.2) is 30.4 Å². The highest BCUT2D eigenvalue weighted by atomic mass is 13.9. The van der Waals surface area contributed by atoms with E-state index in [1.54, 1.807) is 6.08 Å². The molecule has 0 aromatic carbocycles. The smallest absolute Gasteiger partial charge is 0.0166 e. The Morgan fingerprint density at radius 3 is 1.88 bits per heavy atom. The minimum atomic E-state index is 0.907. The van der Waals surface area contributed by atoms with E-state index in [2.05, 4.69) is 31.2 Å². The van der Waals surface area contributed by atoms with E-state index in [1.807, 2.05) is 0 Å². The number of hydrogen-bond donors (Lipinski definition) is 0. The zero-order valence-corrected chi connectivity index (χ0v) is 10.8. The van der Waals surface area contributed by atoms with Gasteiger partial charge in [0.15, 0.2) is 0 Å². The minimum absolute atomic E-state index is 0.907. The van der Waals surface area contributed by atoms with Crippen molar-refractivity contribution >= 4 is 0 Å². The van der Waals surface area contributed by atoms with Gasteiger partial charge in [0.05, 0.1) is 0 Å². The molecule has 91 valence electrons. The first-order valence-corrected chi connectivity index (χ1v) is 6.75. The van der Waals surface area contributed by atoms with Crippen LogP contribution in [0.3, 0.4) is 0 Å². The van der Waals surface area contributed by atoms with Gasteiger partial charge in [0, 0.05) is 0 Å². The molecule has 0 nitrogen and oxygen atoms in total. The lowest BCUT2D eigenvalue weighted by Gasteiger charge is -1.98. The lowest BCUT2D eigenvalue weighted by Crippen LogP contribution is -1.78. The van der Waals surface area contributed by atoms with Crippen molar-refractivity contribution in [1.82, 2.24) is 0 Å². The standard InChI is InChI=1S/C16H27/c1-3-5-7-9-11-13-15-16-14-12-10-8-6-4-2/h1,3,6-9H,4-5,10-16H2,2H3. The second-order valence-electron chi connectivity index (χ2n) is 4.17. The molecule has 0 fully saturated rings. The first-order chi connectivity index (χ1) is 7.91. The summed E-state index contributed by atoms with van der Waals surface area (Å²) < 4.78 is 0. The average molecular weight is 219 g/mol. The third-order valence-electron chi connectivity index (χ3n) is 2.58. The topological polar surface area (TPSA) is 0 Å². The highest BCUT2D eigenvalue weighted by Gasteiger charge is 1.88. The molecule has 16 heavy (non-hydrogen) atoms. The van der Waals surface area contributed by atoms with Crippen LogP contribution in [-0.4, -0.2) is 0 Å². The van der Waals surface area contributed by atoms with Crippen LogP contribution in [0.4, 0.5) is 0 Å². The predicted octanol–water partition coefficient (Wildman–Crippen LogP) is 5.62. The number of unbranched alkanes of at least 4 members (excludes halogenated alkanes) is 6. The van der Waals surface area contributed by atoms with Gasteiger partial charge < -0.3 is 0 Å². The van der Waals surface area contributed by atoms with E-state index in [4.69, 9.17) is 6.58 Å². The lowest BCUT2D eigenvalue weighted by atomic mass is 10.1. The van der Waals surface area contributed by atoms with E-state index in [0.717, 1.165) is 6.42 Å². The largest absolute Gasteiger partial charge is 0.0888 e. The Balaban J connectivity index is 3.03. The summed E-state index contributed by atoms with van der Waals surface area (Å²) in [5.41, 5.74) is 0. The number of hydrogen-bond acceptors (Lipinski definition) is 0. The molecule has 0 aliphatic carbocycles. The number of allylic oxidation sites excluding steroid dienone is 5. The molecule has 0 bridgehead atoms. The summed E-state index contributed by atoms with van der Waals surface area (Å²) in [7, 11) is 0. The monoisotopic (exact) mass is 219 g/mol. The van der Waals surface area contributed by atoms with Crippen LogP contribution < -0.4 is 0 Å². The van der Waals surface area contributed by atoms with E-state index in [0.29, 0.717) is 0 Å². The van der Waals surface area contributed by atoms with Gasteiger partial charge in [0.2, 0.25) is 0 Å². The van der Waals surface area contributed by atoms with Gasteiger partial charge in [0.1, 0.15) is 0 Å².